The summed E-state index contributed by atoms with van der Waals surface area (Å²) in [7, 11) is 0. The Morgan fingerprint density at radius 1 is 1.11 bits per heavy atom. The number of hydrogen-bond acceptors (Lipinski definition) is 2. The lowest BCUT2D eigenvalue weighted by atomic mass is 9.81. The second-order valence-electron chi connectivity index (χ2n) is 6.83. The fraction of sp³-hybridized carbons (Fsp3) is 1.00. The summed E-state index contributed by atoms with van der Waals surface area (Å²) in [5.74, 6) is -0.692. The summed E-state index contributed by atoms with van der Waals surface area (Å²) >= 11 is 0. The Morgan fingerprint density at radius 2 is 1.74 bits per heavy atom. The lowest BCUT2D eigenvalue weighted by Gasteiger charge is -2.32. The SMILES string of the molecule is OC1CN(CC2CCC(C(F)(F)F)CC2)CC12CC2. The molecule has 1 heterocycles. The van der Waals surface area contributed by atoms with Gasteiger partial charge in [0.25, 0.3) is 0 Å². The summed E-state index contributed by atoms with van der Waals surface area (Å²) in [6.07, 6.45) is -0.0398. The third-order valence-electron chi connectivity index (χ3n) is 5.39. The topological polar surface area (TPSA) is 23.5 Å². The van der Waals surface area contributed by atoms with Gasteiger partial charge in [-0.2, -0.15) is 13.2 Å². The molecule has 1 unspecified atom stereocenters. The number of aliphatic hydroxyl groups is 1. The summed E-state index contributed by atoms with van der Waals surface area (Å²) in [5.41, 5.74) is 0.156. The predicted molar refractivity (Wildman–Crippen MR) is 65.6 cm³/mol. The van der Waals surface area contributed by atoms with Crippen molar-refractivity contribution in [1.82, 2.24) is 4.90 Å². The van der Waals surface area contributed by atoms with Crippen molar-refractivity contribution in [1.29, 1.82) is 0 Å². The quantitative estimate of drug-likeness (QED) is 0.839. The second-order valence-corrected chi connectivity index (χ2v) is 6.83. The summed E-state index contributed by atoms with van der Waals surface area (Å²) in [4.78, 5) is 2.27. The average molecular weight is 277 g/mol. The van der Waals surface area contributed by atoms with Crippen molar-refractivity contribution in [3.05, 3.63) is 0 Å². The Labute approximate surface area is 112 Å². The van der Waals surface area contributed by atoms with Gasteiger partial charge in [-0.15, -0.1) is 0 Å². The lowest BCUT2D eigenvalue weighted by Crippen LogP contribution is -2.33. The van der Waals surface area contributed by atoms with Gasteiger partial charge >= 0.3 is 6.18 Å². The zero-order chi connectivity index (χ0) is 13.7. The van der Waals surface area contributed by atoms with Crippen LogP contribution in [0.4, 0.5) is 13.2 Å². The van der Waals surface area contributed by atoms with Gasteiger partial charge < -0.3 is 5.11 Å². The molecule has 1 N–H and O–H groups in total. The molecule has 0 amide bonds. The maximum atomic E-state index is 12.6. The standard InChI is InChI=1S/C14H22F3NO/c15-14(16,17)11-3-1-10(2-4-11)7-18-8-12(19)13(9-18)5-6-13/h10-12,19H,1-9H2. The highest BCUT2D eigenvalue weighted by Gasteiger charge is 2.54. The molecule has 1 aliphatic heterocycles. The van der Waals surface area contributed by atoms with Crippen molar-refractivity contribution in [2.24, 2.45) is 17.3 Å². The number of halogens is 3. The van der Waals surface area contributed by atoms with E-state index in [4.69, 9.17) is 0 Å². The molecule has 3 aliphatic rings. The van der Waals surface area contributed by atoms with Gasteiger partial charge in [0.15, 0.2) is 0 Å². The van der Waals surface area contributed by atoms with Gasteiger partial charge in [0, 0.05) is 25.0 Å². The average Bonchev–Trinajstić information content (AvgIpc) is 3.02. The number of β-amino-alcohol motifs (C(OH)–C–C–N with tert-alkyl or cyclic N) is 1. The van der Waals surface area contributed by atoms with E-state index in [2.05, 4.69) is 4.90 Å². The van der Waals surface area contributed by atoms with Crippen LogP contribution in [-0.4, -0.2) is 41.9 Å². The van der Waals surface area contributed by atoms with Crippen LogP contribution >= 0.6 is 0 Å². The Kier molecular flexibility index (Phi) is 3.33. The summed E-state index contributed by atoms with van der Waals surface area (Å²) in [6, 6.07) is 0. The Balaban J connectivity index is 1.46. The summed E-state index contributed by atoms with van der Waals surface area (Å²) in [6.45, 7) is 2.55. The fourth-order valence-corrected chi connectivity index (χ4v) is 3.88. The number of alkyl halides is 3. The van der Waals surface area contributed by atoms with E-state index in [1.807, 2.05) is 0 Å². The van der Waals surface area contributed by atoms with Crippen molar-refractivity contribution < 1.29 is 18.3 Å². The molecule has 0 bridgehead atoms. The van der Waals surface area contributed by atoms with Crippen molar-refractivity contribution >= 4 is 0 Å². The molecule has 1 saturated heterocycles. The molecule has 1 atom stereocenters. The molecule has 2 saturated carbocycles. The molecule has 0 aromatic rings. The number of likely N-dealkylation sites (tertiary alicyclic amines) is 1. The van der Waals surface area contributed by atoms with Crippen LogP contribution in [0.25, 0.3) is 0 Å². The predicted octanol–water partition coefficient (Wildman–Crippen LogP) is 2.81. The van der Waals surface area contributed by atoms with Crippen molar-refractivity contribution in [3.63, 3.8) is 0 Å². The molecule has 1 spiro atoms. The first-order valence-electron chi connectivity index (χ1n) is 7.36. The number of nitrogens with zero attached hydrogens (tertiary/aromatic N) is 1. The molecule has 0 radical (unpaired) electrons. The zero-order valence-electron chi connectivity index (χ0n) is 11.1. The molecule has 5 heteroatoms. The van der Waals surface area contributed by atoms with Crippen molar-refractivity contribution in [2.45, 2.75) is 50.8 Å². The van der Waals surface area contributed by atoms with Gasteiger partial charge in [-0.05, 0) is 44.4 Å². The normalized spacial score (nSPS) is 38.8. The highest BCUT2D eigenvalue weighted by molar-refractivity contribution is 5.06. The molecule has 3 rings (SSSR count). The Bertz CT molecular complexity index is 332. The highest BCUT2D eigenvalue weighted by atomic mass is 19.4. The molecule has 2 nitrogen and oxygen atoms in total. The first-order valence-corrected chi connectivity index (χ1v) is 7.36. The molecule has 3 fully saturated rings. The smallest absolute Gasteiger partial charge is 0.391 e. The van der Waals surface area contributed by atoms with Crippen molar-refractivity contribution in [2.75, 3.05) is 19.6 Å². The number of hydrogen-bond donors (Lipinski definition) is 1. The van der Waals surface area contributed by atoms with E-state index in [9.17, 15) is 18.3 Å². The first kappa shape index (κ1) is 13.7. The minimum Gasteiger partial charge on any atom is -0.391 e. The monoisotopic (exact) mass is 277 g/mol. The van der Waals surface area contributed by atoms with E-state index in [-0.39, 0.29) is 24.4 Å². The third-order valence-corrected chi connectivity index (χ3v) is 5.39. The van der Waals surface area contributed by atoms with Crippen LogP contribution < -0.4 is 0 Å². The van der Waals surface area contributed by atoms with Crippen LogP contribution in [0.2, 0.25) is 0 Å². The van der Waals surface area contributed by atoms with Gasteiger partial charge in [-0.1, -0.05) is 0 Å². The van der Waals surface area contributed by atoms with Gasteiger partial charge in [0.05, 0.1) is 12.0 Å². The Hall–Kier alpha value is -0.290. The van der Waals surface area contributed by atoms with Crippen LogP contribution in [-0.2, 0) is 0 Å². The molecule has 19 heavy (non-hydrogen) atoms. The van der Waals surface area contributed by atoms with Crippen LogP contribution in [0.15, 0.2) is 0 Å². The third kappa shape index (κ3) is 2.77. The van der Waals surface area contributed by atoms with E-state index in [1.54, 1.807) is 0 Å². The van der Waals surface area contributed by atoms with E-state index in [0.717, 1.165) is 32.5 Å². The van der Waals surface area contributed by atoms with Gasteiger partial charge in [-0.25, -0.2) is 0 Å². The van der Waals surface area contributed by atoms with Crippen LogP contribution in [0.5, 0.6) is 0 Å². The molecule has 2 aliphatic carbocycles. The summed E-state index contributed by atoms with van der Waals surface area (Å²) < 4.78 is 37.8. The van der Waals surface area contributed by atoms with Gasteiger partial charge in [0.2, 0.25) is 0 Å². The molecular formula is C14H22F3NO. The minimum absolute atomic E-state index is 0.156. The lowest BCUT2D eigenvalue weighted by molar-refractivity contribution is -0.184. The molecule has 0 aromatic carbocycles. The maximum Gasteiger partial charge on any atom is 0.391 e. The van der Waals surface area contributed by atoms with Crippen LogP contribution in [0, 0.1) is 17.3 Å². The molecule has 110 valence electrons. The molecular weight excluding hydrogens is 255 g/mol. The maximum absolute atomic E-state index is 12.6. The second kappa shape index (κ2) is 4.62. The minimum atomic E-state index is -4.01. The highest BCUT2D eigenvalue weighted by Crippen LogP contribution is 2.53. The van der Waals surface area contributed by atoms with E-state index in [1.165, 1.54) is 0 Å². The fourth-order valence-electron chi connectivity index (χ4n) is 3.88. The zero-order valence-corrected chi connectivity index (χ0v) is 11.1. The van der Waals surface area contributed by atoms with Crippen LogP contribution in [0.1, 0.15) is 38.5 Å². The Morgan fingerprint density at radius 3 is 2.21 bits per heavy atom. The van der Waals surface area contributed by atoms with E-state index in [0.29, 0.717) is 18.8 Å². The first-order chi connectivity index (χ1) is 8.89. The van der Waals surface area contributed by atoms with Crippen molar-refractivity contribution in [3.8, 4) is 0 Å². The summed E-state index contributed by atoms with van der Waals surface area (Å²) in [5, 5.41) is 9.98. The van der Waals surface area contributed by atoms with E-state index >= 15 is 0 Å². The van der Waals surface area contributed by atoms with Crippen LogP contribution in [0.3, 0.4) is 0 Å². The number of aliphatic hydroxyl groups excluding tert-OH is 1. The van der Waals surface area contributed by atoms with Gasteiger partial charge in [0.1, 0.15) is 0 Å². The van der Waals surface area contributed by atoms with E-state index < -0.39 is 12.1 Å². The largest absolute Gasteiger partial charge is 0.391 e. The van der Waals surface area contributed by atoms with Gasteiger partial charge in [-0.3, -0.25) is 4.90 Å². The molecule has 0 aromatic heterocycles. The number of rotatable bonds is 2.